The Morgan fingerprint density at radius 2 is 2.20 bits per heavy atom. The third-order valence-corrected chi connectivity index (χ3v) is 3.94. The first-order valence-electron chi connectivity index (χ1n) is 7.94. The Kier molecular flexibility index (Phi) is 4.69. The van der Waals surface area contributed by atoms with E-state index >= 15 is 0 Å². The van der Waals surface area contributed by atoms with E-state index in [2.05, 4.69) is 10.4 Å². The SMILES string of the molecule is CC(C)Cn1ncc(C(=O)N[C@@H]2COc3cccc(F)c32)c1C(F)F. The van der Waals surface area contributed by atoms with E-state index in [-0.39, 0.29) is 30.2 Å². The highest BCUT2D eigenvalue weighted by atomic mass is 19.3. The molecule has 1 aliphatic heterocycles. The molecule has 8 heteroatoms. The summed E-state index contributed by atoms with van der Waals surface area (Å²) >= 11 is 0. The molecule has 1 aromatic heterocycles. The van der Waals surface area contributed by atoms with Crippen molar-refractivity contribution in [2.24, 2.45) is 5.92 Å². The van der Waals surface area contributed by atoms with Gasteiger partial charge in [-0.1, -0.05) is 19.9 Å². The second kappa shape index (κ2) is 6.78. The number of carbonyl (C=O) groups excluding carboxylic acids is 1. The van der Waals surface area contributed by atoms with Crippen LogP contribution in [0.4, 0.5) is 13.2 Å². The lowest BCUT2D eigenvalue weighted by Gasteiger charge is -2.14. The number of hydrogen-bond donors (Lipinski definition) is 1. The third-order valence-electron chi connectivity index (χ3n) is 3.94. The minimum absolute atomic E-state index is 0.0478. The maximum atomic E-state index is 14.0. The summed E-state index contributed by atoms with van der Waals surface area (Å²) in [7, 11) is 0. The molecule has 0 fully saturated rings. The van der Waals surface area contributed by atoms with Crippen LogP contribution in [-0.4, -0.2) is 22.3 Å². The maximum Gasteiger partial charge on any atom is 0.280 e. The predicted octanol–water partition coefficient (Wildman–Crippen LogP) is 3.48. The van der Waals surface area contributed by atoms with Gasteiger partial charge in [-0.15, -0.1) is 0 Å². The standard InChI is InChI=1S/C17H18F3N3O2/c1-9(2)7-23-15(16(19)20)10(6-21-23)17(24)22-12-8-25-13-5-3-4-11(18)14(12)13/h3-6,9,12,16H,7-8H2,1-2H3,(H,22,24)/t12-/m1/s1. The Morgan fingerprint density at radius 1 is 1.44 bits per heavy atom. The van der Waals surface area contributed by atoms with Crippen LogP contribution in [-0.2, 0) is 6.54 Å². The summed E-state index contributed by atoms with van der Waals surface area (Å²) in [5.74, 6) is -0.799. The number of hydrogen-bond acceptors (Lipinski definition) is 3. The van der Waals surface area contributed by atoms with Crippen molar-refractivity contribution >= 4 is 5.91 Å². The number of aromatic nitrogens is 2. The molecule has 1 atom stereocenters. The van der Waals surface area contributed by atoms with Gasteiger partial charge in [0.15, 0.2) is 0 Å². The molecule has 0 saturated heterocycles. The molecule has 25 heavy (non-hydrogen) atoms. The lowest BCUT2D eigenvalue weighted by atomic mass is 10.1. The number of benzene rings is 1. The molecule has 0 aliphatic carbocycles. The summed E-state index contributed by atoms with van der Waals surface area (Å²) < 4.78 is 47.3. The van der Waals surface area contributed by atoms with Gasteiger partial charge in [0.1, 0.15) is 23.9 Å². The Hall–Kier alpha value is -2.51. The van der Waals surface area contributed by atoms with Crippen LogP contribution >= 0.6 is 0 Å². The van der Waals surface area contributed by atoms with E-state index in [0.717, 1.165) is 10.9 Å². The van der Waals surface area contributed by atoms with Gasteiger partial charge in [0.25, 0.3) is 12.3 Å². The molecule has 1 aromatic carbocycles. The van der Waals surface area contributed by atoms with E-state index in [1.165, 1.54) is 12.1 Å². The Morgan fingerprint density at radius 3 is 2.88 bits per heavy atom. The summed E-state index contributed by atoms with van der Waals surface area (Å²) in [5, 5.41) is 6.47. The average Bonchev–Trinajstić information content (AvgIpc) is 3.12. The number of carbonyl (C=O) groups is 1. The first-order valence-corrected chi connectivity index (χ1v) is 7.94. The van der Waals surface area contributed by atoms with Crippen LogP contribution in [0.15, 0.2) is 24.4 Å². The van der Waals surface area contributed by atoms with Gasteiger partial charge in [-0.05, 0) is 18.1 Å². The molecule has 2 aromatic rings. The largest absolute Gasteiger partial charge is 0.491 e. The topological polar surface area (TPSA) is 56.2 Å². The molecule has 2 heterocycles. The van der Waals surface area contributed by atoms with Gasteiger partial charge < -0.3 is 10.1 Å². The Labute approximate surface area is 142 Å². The fraction of sp³-hybridized carbons (Fsp3) is 0.412. The van der Waals surface area contributed by atoms with Crippen molar-refractivity contribution < 1.29 is 22.7 Å². The summed E-state index contributed by atoms with van der Waals surface area (Å²) in [6.45, 7) is 4.06. The first-order chi connectivity index (χ1) is 11.9. The highest BCUT2D eigenvalue weighted by Crippen LogP contribution is 2.34. The molecule has 1 amide bonds. The minimum atomic E-state index is -2.84. The highest BCUT2D eigenvalue weighted by Gasteiger charge is 2.31. The summed E-state index contributed by atoms with van der Waals surface area (Å²) in [5.41, 5.74) is -0.414. The van der Waals surface area contributed by atoms with Crippen LogP contribution in [0.5, 0.6) is 5.75 Å². The van der Waals surface area contributed by atoms with E-state index in [9.17, 15) is 18.0 Å². The van der Waals surface area contributed by atoms with E-state index in [1.54, 1.807) is 6.07 Å². The number of alkyl halides is 2. The van der Waals surface area contributed by atoms with Crippen molar-refractivity contribution in [3.8, 4) is 5.75 Å². The number of ether oxygens (including phenoxy) is 1. The zero-order valence-electron chi connectivity index (χ0n) is 13.8. The number of amides is 1. The van der Waals surface area contributed by atoms with Gasteiger partial charge in [0.2, 0.25) is 0 Å². The summed E-state index contributed by atoms with van der Waals surface area (Å²) in [6, 6.07) is 3.62. The van der Waals surface area contributed by atoms with Gasteiger partial charge in [-0.3, -0.25) is 9.48 Å². The van der Waals surface area contributed by atoms with E-state index < -0.39 is 29.9 Å². The number of nitrogens with one attached hydrogen (secondary N) is 1. The quantitative estimate of drug-likeness (QED) is 0.895. The van der Waals surface area contributed by atoms with Gasteiger partial charge in [-0.25, -0.2) is 13.2 Å². The van der Waals surface area contributed by atoms with Crippen molar-refractivity contribution in [1.82, 2.24) is 15.1 Å². The van der Waals surface area contributed by atoms with Gasteiger partial charge in [-0.2, -0.15) is 5.10 Å². The lowest BCUT2D eigenvalue weighted by molar-refractivity contribution is 0.0912. The summed E-state index contributed by atoms with van der Waals surface area (Å²) in [6.07, 6.45) is -1.72. The molecule has 1 aliphatic rings. The van der Waals surface area contributed by atoms with Gasteiger partial charge in [0, 0.05) is 6.54 Å². The van der Waals surface area contributed by atoms with E-state index in [4.69, 9.17) is 4.74 Å². The van der Waals surface area contributed by atoms with Gasteiger partial charge >= 0.3 is 0 Å². The highest BCUT2D eigenvalue weighted by molar-refractivity contribution is 5.95. The van der Waals surface area contributed by atoms with Crippen molar-refractivity contribution in [3.05, 3.63) is 47.0 Å². The van der Waals surface area contributed by atoms with Crippen LogP contribution in [0.3, 0.4) is 0 Å². The lowest BCUT2D eigenvalue weighted by Crippen LogP contribution is -2.30. The smallest absolute Gasteiger partial charge is 0.280 e. The fourth-order valence-corrected chi connectivity index (χ4v) is 2.88. The normalized spacial score (nSPS) is 16.2. The second-order valence-corrected chi connectivity index (χ2v) is 6.31. The first kappa shape index (κ1) is 17.3. The maximum absolute atomic E-state index is 14.0. The third kappa shape index (κ3) is 3.33. The minimum Gasteiger partial charge on any atom is -0.491 e. The number of nitrogens with zero attached hydrogens (tertiary/aromatic N) is 2. The number of fused-ring (bicyclic) bond motifs is 1. The molecule has 0 unspecified atom stereocenters. The number of halogens is 3. The molecule has 0 radical (unpaired) electrons. The molecule has 0 spiro atoms. The van der Waals surface area contributed by atoms with E-state index in [1.807, 2.05) is 13.8 Å². The van der Waals surface area contributed by atoms with Crippen molar-refractivity contribution in [2.75, 3.05) is 6.61 Å². The molecule has 0 bridgehead atoms. The van der Waals surface area contributed by atoms with Crippen LogP contribution in [0.2, 0.25) is 0 Å². The molecular weight excluding hydrogens is 335 g/mol. The molecule has 5 nitrogen and oxygen atoms in total. The predicted molar refractivity (Wildman–Crippen MR) is 84.1 cm³/mol. The molecule has 1 N–H and O–H groups in total. The van der Waals surface area contributed by atoms with Crippen LogP contribution in [0.25, 0.3) is 0 Å². The Balaban J connectivity index is 1.85. The Bertz CT molecular complexity index is 789. The second-order valence-electron chi connectivity index (χ2n) is 6.31. The molecule has 0 saturated carbocycles. The van der Waals surface area contributed by atoms with Crippen LogP contribution in [0.1, 0.15) is 47.9 Å². The van der Waals surface area contributed by atoms with Crippen LogP contribution in [0, 0.1) is 11.7 Å². The zero-order chi connectivity index (χ0) is 18.1. The zero-order valence-corrected chi connectivity index (χ0v) is 13.8. The molecular formula is C17H18F3N3O2. The van der Waals surface area contributed by atoms with Crippen LogP contribution < -0.4 is 10.1 Å². The van der Waals surface area contributed by atoms with Gasteiger partial charge in [0.05, 0.1) is 23.4 Å². The van der Waals surface area contributed by atoms with Crippen molar-refractivity contribution in [3.63, 3.8) is 0 Å². The molecule has 3 rings (SSSR count). The number of rotatable bonds is 5. The summed E-state index contributed by atoms with van der Waals surface area (Å²) in [4.78, 5) is 12.5. The van der Waals surface area contributed by atoms with Crippen molar-refractivity contribution in [2.45, 2.75) is 32.9 Å². The molecule has 134 valence electrons. The fourth-order valence-electron chi connectivity index (χ4n) is 2.88. The van der Waals surface area contributed by atoms with Crippen molar-refractivity contribution in [1.29, 1.82) is 0 Å². The van der Waals surface area contributed by atoms with E-state index in [0.29, 0.717) is 5.75 Å². The monoisotopic (exact) mass is 353 g/mol. The average molecular weight is 353 g/mol.